The van der Waals surface area contributed by atoms with Gasteiger partial charge in [-0.3, -0.25) is 14.9 Å². The molecule has 0 bridgehead atoms. The van der Waals surface area contributed by atoms with Gasteiger partial charge in [0.2, 0.25) is 0 Å². The number of ether oxygens (including phenoxy) is 2. The van der Waals surface area contributed by atoms with E-state index in [9.17, 15) is 14.4 Å². The number of para-hydroxylation sites is 1. The summed E-state index contributed by atoms with van der Waals surface area (Å²) in [7, 11) is 0. The van der Waals surface area contributed by atoms with Crippen LogP contribution in [0.4, 0.5) is 10.5 Å². The number of imide groups is 2. The minimum atomic E-state index is -0.778. The molecule has 3 rings (SSSR count). The van der Waals surface area contributed by atoms with E-state index in [4.69, 9.17) is 9.47 Å². The number of nitrogens with zero attached hydrogens (tertiary/aromatic N) is 1. The van der Waals surface area contributed by atoms with Crippen LogP contribution in [0.25, 0.3) is 6.08 Å². The number of urea groups is 1. The number of hydrogen-bond donors (Lipinski definition) is 1. The van der Waals surface area contributed by atoms with Crippen molar-refractivity contribution < 1.29 is 23.9 Å². The number of hydrogen-bond acceptors (Lipinski definition) is 5. The van der Waals surface area contributed by atoms with Crippen LogP contribution in [0.3, 0.4) is 0 Å². The molecule has 4 amide bonds. The van der Waals surface area contributed by atoms with Crippen molar-refractivity contribution in [3.63, 3.8) is 0 Å². The maximum Gasteiger partial charge on any atom is 0.335 e. The first kappa shape index (κ1) is 19.2. The van der Waals surface area contributed by atoms with Crippen molar-refractivity contribution in [1.29, 1.82) is 0 Å². The third-order valence-corrected chi connectivity index (χ3v) is 3.99. The fourth-order valence-electron chi connectivity index (χ4n) is 2.79. The van der Waals surface area contributed by atoms with E-state index in [1.807, 2.05) is 13.8 Å². The molecular weight excluding hydrogens is 360 g/mol. The van der Waals surface area contributed by atoms with Gasteiger partial charge in [-0.05, 0) is 49.8 Å². The molecule has 1 aliphatic heterocycles. The second-order valence-electron chi connectivity index (χ2n) is 5.87. The molecule has 0 saturated carbocycles. The molecule has 1 aliphatic rings. The zero-order chi connectivity index (χ0) is 20.1. The number of benzene rings is 2. The lowest BCUT2D eigenvalue weighted by atomic mass is 10.1. The van der Waals surface area contributed by atoms with Crippen LogP contribution in [0.1, 0.15) is 19.4 Å². The number of anilines is 1. The Bertz CT molecular complexity index is 937. The maximum absolute atomic E-state index is 12.9. The van der Waals surface area contributed by atoms with Gasteiger partial charge in [0.05, 0.1) is 18.9 Å². The first-order valence-corrected chi connectivity index (χ1v) is 8.91. The highest BCUT2D eigenvalue weighted by molar-refractivity contribution is 6.39. The van der Waals surface area contributed by atoms with Crippen LogP contribution in [0.15, 0.2) is 54.1 Å². The summed E-state index contributed by atoms with van der Waals surface area (Å²) in [6.45, 7) is 4.64. The van der Waals surface area contributed by atoms with Crippen LogP contribution in [-0.2, 0) is 9.59 Å². The van der Waals surface area contributed by atoms with Crippen LogP contribution in [0.5, 0.6) is 11.5 Å². The molecule has 0 radical (unpaired) electrons. The zero-order valence-electron chi connectivity index (χ0n) is 15.6. The molecule has 1 saturated heterocycles. The van der Waals surface area contributed by atoms with E-state index < -0.39 is 17.8 Å². The first-order chi connectivity index (χ1) is 13.5. The van der Waals surface area contributed by atoms with Crippen molar-refractivity contribution in [2.45, 2.75) is 13.8 Å². The van der Waals surface area contributed by atoms with Gasteiger partial charge < -0.3 is 9.47 Å². The number of carbonyl (C=O) groups excluding carboxylic acids is 3. The lowest BCUT2D eigenvalue weighted by molar-refractivity contribution is -0.122. The Morgan fingerprint density at radius 2 is 1.61 bits per heavy atom. The molecule has 0 spiro atoms. The van der Waals surface area contributed by atoms with Crippen molar-refractivity contribution in [3.05, 3.63) is 59.7 Å². The second kappa shape index (κ2) is 8.39. The zero-order valence-corrected chi connectivity index (χ0v) is 15.6. The molecule has 7 heteroatoms. The molecule has 0 aliphatic carbocycles. The third-order valence-electron chi connectivity index (χ3n) is 3.99. The van der Waals surface area contributed by atoms with Gasteiger partial charge in [-0.15, -0.1) is 0 Å². The van der Waals surface area contributed by atoms with Crippen molar-refractivity contribution in [3.8, 4) is 11.5 Å². The summed E-state index contributed by atoms with van der Waals surface area (Å²) in [6, 6.07) is 12.8. The third kappa shape index (κ3) is 3.88. The molecule has 144 valence electrons. The Morgan fingerprint density at radius 3 is 2.29 bits per heavy atom. The van der Waals surface area contributed by atoms with E-state index in [-0.39, 0.29) is 5.57 Å². The Labute approximate surface area is 162 Å². The van der Waals surface area contributed by atoms with E-state index in [2.05, 4.69) is 5.32 Å². The van der Waals surface area contributed by atoms with E-state index in [0.29, 0.717) is 36.0 Å². The molecular formula is C21H20N2O5. The van der Waals surface area contributed by atoms with E-state index >= 15 is 0 Å². The van der Waals surface area contributed by atoms with Crippen molar-refractivity contribution in [1.82, 2.24) is 5.32 Å². The highest BCUT2D eigenvalue weighted by Crippen LogP contribution is 2.30. The number of nitrogens with one attached hydrogen (secondary N) is 1. The standard InChI is InChI=1S/C21H20N2O5/c1-3-27-17-11-10-14(13-18(17)28-4-2)12-16-19(24)22-21(26)23(20(16)25)15-8-6-5-7-9-15/h5-13H,3-4H2,1-2H3,(H,22,24,26)/b16-12+. The summed E-state index contributed by atoms with van der Waals surface area (Å²) in [5.74, 6) is -0.341. The number of amides is 4. The number of carbonyl (C=O) groups is 3. The van der Waals surface area contributed by atoms with Crippen molar-refractivity contribution >= 4 is 29.6 Å². The van der Waals surface area contributed by atoms with Gasteiger partial charge in [-0.25, -0.2) is 9.69 Å². The predicted molar refractivity (Wildman–Crippen MR) is 104 cm³/mol. The summed E-state index contributed by atoms with van der Waals surface area (Å²) < 4.78 is 11.1. The fraction of sp³-hybridized carbons (Fsp3) is 0.190. The first-order valence-electron chi connectivity index (χ1n) is 8.91. The molecule has 7 nitrogen and oxygen atoms in total. The van der Waals surface area contributed by atoms with Gasteiger partial charge >= 0.3 is 6.03 Å². The van der Waals surface area contributed by atoms with Gasteiger partial charge in [-0.1, -0.05) is 24.3 Å². The highest BCUT2D eigenvalue weighted by atomic mass is 16.5. The smallest absolute Gasteiger partial charge is 0.335 e. The molecule has 28 heavy (non-hydrogen) atoms. The average molecular weight is 380 g/mol. The van der Waals surface area contributed by atoms with E-state index in [1.54, 1.807) is 48.5 Å². The second-order valence-corrected chi connectivity index (χ2v) is 5.87. The summed E-state index contributed by atoms with van der Waals surface area (Å²) in [6.07, 6.45) is 1.43. The summed E-state index contributed by atoms with van der Waals surface area (Å²) in [4.78, 5) is 38.2. The Morgan fingerprint density at radius 1 is 0.929 bits per heavy atom. The quantitative estimate of drug-likeness (QED) is 0.615. The molecule has 0 atom stereocenters. The number of rotatable bonds is 6. The van der Waals surface area contributed by atoms with Crippen LogP contribution >= 0.6 is 0 Å². The van der Waals surface area contributed by atoms with Crippen LogP contribution < -0.4 is 19.7 Å². The topological polar surface area (TPSA) is 84.9 Å². The van der Waals surface area contributed by atoms with Crippen molar-refractivity contribution in [2.75, 3.05) is 18.1 Å². The lowest BCUT2D eigenvalue weighted by Crippen LogP contribution is -2.54. The minimum absolute atomic E-state index is 0.143. The van der Waals surface area contributed by atoms with Gasteiger partial charge in [0.15, 0.2) is 11.5 Å². The average Bonchev–Trinajstić information content (AvgIpc) is 2.68. The summed E-state index contributed by atoms with van der Waals surface area (Å²) >= 11 is 0. The van der Waals surface area contributed by atoms with E-state index in [1.165, 1.54) is 6.08 Å². The van der Waals surface area contributed by atoms with Gasteiger partial charge in [-0.2, -0.15) is 0 Å². The predicted octanol–water partition coefficient (Wildman–Crippen LogP) is 3.15. The van der Waals surface area contributed by atoms with Gasteiger partial charge in [0, 0.05) is 0 Å². The fourth-order valence-corrected chi connectivity index (χ4v) is 2.79. The van der Waals surface area contributed by atoms with Gasteiger partial charge in [0.1, 0.15) is 5.57 Å². The van der Waals surface area contributed by atoms with Crippen molar-refractivity contribution in [2.24, 2.45) is 0 Å². The molecule has 2 aromatic rings. The SMILES string of the molecule is CCOc1ccc(/C=C2\C(=O)NC(=O)N(c3ccccc3)C2=O)cc1OCC. The van der Waals surface area contributed by atoms with Crippen LogP contribution in [-0.4, -0.2) is 31.1 Å². The molecule has 0 aromatic heterocycles. The van der Waals surface area contributed by atoms with Crippen LogP contribution in [0, 0.1) is 0 Å². The summed E-state index contributed by atoms with van der Waals surface area (Å²) in [5, 5.41) is 2.20. The Kier molecular flexibility index (Phi) is 5.74. The summed E-state index contributed by atoms with van der Waals surface area (Å²) in [5.41, 5.74) is 0.813. The Balaban J connectivity index is 1.98. The monoisotopic (exact) mass is 380 g/mol. The normalized spacial score (nSPS) is 15.6. The Hall–Kier alpha value is -3.61. The number of barbiturate groups is 1. The minimum Gasteiger partial charge on any atom is -0.490 e. The van der Waals surface area contributed by atoms with E-state index in [0.717, 1.165) is 4.90 Å². The largest absolute Gasteiger partial charge is 0.490 e. The lowest BCUT2D eigenvalue weighted by Gasteiger charge is -2.26. The molecule has 1 fully saturated rings. The van der Waals surface area contributed by atoms with Gasteiger partial charge in [0.25, 0.3) is 11.8 Å². The highest BCUT2D eigenvalue weighted by Gasteiger charge is 2.36. The molecule has 2 aromatic carbocycles. The van der Waals surface area contributed by atoms with Crippen LogP contribution in [0.2, 0.25) is 0 Å². The molecule has 0 unspecified atom stereocenters. The molecule has 1 N–H and O–H groups in total. The maximum atomic E-state index is 12.9. The molecule has 1 heterocycles.